The van der Waals surface area contributed by atoms with E-state index in [9.17, 15) is 14.4 Å². The van der Waals surface area contributed by atoms with Gasteiger partial charge in [0.25, 0.3) is 0 Å². The smallest absolute Gasteiger partial charge is 0.325 e. The number of anilines is 1. The molecule has 1 aromatic rings. The van der Waals surface area contributed by atoms with Gasteiger partial charge in [0.1, 0.15) is 6.54 Å². The molecule has 0 spiro atoms. The van der Waals surface area contributed by atoms with E-state index < -0.39 is 0 Å². The predicted molar refractivity (Wildman–Crippen MR) is 94.6 cm³/mol. The summed E-state index contributed by atoms with van der Waals surface area (Å²) in [6, 6.07) is 6.91. The van der Waals surface area contributed by atoms with Crippen LogP contribution in [0.25, 0.3) is 0 Å². The quantitative estimate of drug-likeness (QED) is 0.811. The fourth-order valence-corrected chi connectivity index (χ4v) is 3.25. The molecule has 0 unspecified atom stereocenters. The molecule has 0 radical (unpaired) electrons. The molecule has 4 amide bonds. The molecule has 2 heterocycles. The maximum atomic E-state index is 12.5. The molecular formula is C17H21ClN4O3. The minimum Gasteiger partial charge on any atom is -0.339 e. The molecule has 0 bridgehead atoms. The largest absolute Gasteiger partial charge is 0.339 e. The minimum atomic E-state index is -0.168. The van der Waals surface area contributed by atoms with E-state index in [1.807, 2.05) is 0 Å². The summed E-state index contributed by atoms with van der Waals surface area (Å²) in [4.78, 5) is 43.0. The standard InChI is InChI=1S/C17H21ClN4O3/c1-13(23)19-6-8-20(9-7-19)16(24)12-21-10-11-22(17(21)25)15-4-2-14(18)3-5-15/h2-5H,6-12H2,1H3. The van der Waals surface area contributed by atoms with Crippen LogP contribution in [0, 0.1) is 0 Å². The van der Waals surface area contributed by atoms with Crippen molar-refractivity contribution in [1.29, 1.82) is 0 Å². The van der Waals surface area contributed by atoms with Gasteiger partial charge in [0.2, 0.25) is 11.8 Å². The summed E-state index contributed by atoms with van der Waals surface area (Å²) in [5.74, 6) is -0.0464. The summed E-state index contributed by atoms with van der Waals surface area (Å²) in [5.41, 5.74) is 0.777. The molecule has 0 saturated carbocycles. The Morgan fingerprint density at radius 2 is 1.56 bits per heavy atom. The third-order valence-electron chi connectivity index (χ3n) is 4.64. The minimum absolute atomic E-state index is 0.0282. The van der Waals surface area contributed by atoms with E-state index in [1.54, 1.807) is 43.9 Å². The molecule has 25 heavy (non-hydrogen) atoms. The van der Waals surface area contributed by atoms with Crippen molar-refractivity contribution in [3.63, 3.8) is 0 Å². The van der Waals surface area contributed by atoms with Gasteiger partial charge in [-0.05, 0) is 24.3 Å². The van der Waals surface area contributed by atoms with E-state index in [1.165, 1.54) is 6.92 Å². The van der Waals surface area contributed by atoms with E-state index in [0.717, 1.165) is 5.69 Å². The number of benzene rings is 1. The maximum absolute atomic E-state index is 12.5. The molecule has 0 aliphatic carbocycles. The van der Waals surface area contributed by atoms with Crippen molar-refractivity contribution in [3.05, 3.63) is 29.3 Å². The van der Waals surface area contributed by atoms with Crippen LogP contribution >= 0.6 is 11.6 Å². The van der Waals surface area contributed by atoms with Gasteiger partial charge in [-0.25, -0.2) is 4.79 Å². The van der Waals surface area contributed by atoms with Crippen LogP contribution in [0.4, 0.5) is 10.5 Å². The molecule has 2 aliphatic heterocycles. The van der Waals surface area contributed by atoms with Gasteiger partial charge in [-0.2, -0.15) is 0 Å². The molecule has 8 heteroatoms. The molecule has 2 aliphatic rings. The molecule has 2 fully saturated rings. The van der Waals surface area contributed by atoms with Gasteiger partial charge >= 0.3 is 6.03 Å². The van der Waals surface area contributed by atoms with Gasteiger partial charge in [-0.3, -0.25) is 14.5 Å². The van der Waals surface area contributed by atoms with Crippen molar-refractivity contribution >= 4 is 35.1 Å². The predicted octanol–water partition coefficient (Wildman–Crippen LogP) is 1.27. The number of carbonyl (C=O) groups is 3. The van der Waals surface area contributed by atoms with Crippen molar-refractivity contribution in [3.8, 4) is 0 Å². The lowest BCUT2D eigenvalue weighted by atomic mass is 10.3. The first kappa shape index (κ1) is 17.5. The van der Waals surface area contributed by atoms with Crippen molar-refractivity contribution in [1.82, 2.24) is 14.7 Å². The van der Waals surface area contributed by atoms with Gasteiger partial charge < -0.3 is 14.7 Å². The number of halogens is 1. The van der Waals surface area contributed by atoms with Crippen LogP contribution in [-0.2, 0) is 9.59 Å². The topological polar surface area (TPSA) is 64.2 Å². The first-order valence-electron chi connectivity index (χ1n) is 8.31. The zero-order chi connectivity index (χ0) is 18.0. The zero-order valence-corrected chi connectivity index (χ0v) is 14.9. The van der Waals surface area contributed by atoms with Gasteiger partial charge in [0.05, 0.1) is 0 Å². The number of piperazine rings is 1. The van der Waals surface area contributed by atoms with Crippen LogP contribution in [0.2, 0.25) is 5.02 Å². The van der Waals surface area contributed by atoms with Crippen LogP contribution in [0.3, 0.4) is 0 Å². The van der Waals surface area contributed by atoms with Crippen molar-refractivity contribution in [2.24, 2.45) is 0 Å². The Hall–Kier alpha value is -2.28. The van der Waals surface area contributed by atoms with E-state index in [4.69, 9.17) is 11.6 Å². The normalized spacial score (nSPS) is 18.1. The van der Waals surface area contributed by atoms with Crippen molar-refractivity contribution in [2.45, 2.75) is 6.92 Å². The highest BCUT2D eigenvalue weighted by Gasteiger charge is 2.32. The molecule has 0 N–H and O–H groups in total. The first-order valence-corrected chi connectivity index (χ1v) is 8.69. The van der Waals surface area contributed by atoms with Crippen LogP contribution in [-0.4, -0.2) is 78.4 Å². The van der Waals surface area contributed by atoms with E-state index >= 15 is 0 Å². The Kier molecular flexibility index (Phi) is 5.13. The fraction of sp³-hybridized carbons (Fsp3) is 0.471. The van der Waals surface area contributed by atoms with Crippen molar-refractivity contribution in [2.75, 3.05) is 50.7 Å². The SMILES string of the molecule is CC(=O)N1CCN(C(=O)CN2CCN(c3ccc(Cl)cc3)C2=O)CC1. The second-order valence-corrected chi connectivity index (χ2v) is 6.66. The Balaban J connectivity index is 1.55. The second kappa shape index (κ2) is 7.31. The number of hydrogen-bond acceptors (Lipinski definition) is 3. The lowest BCUT2D eigenvalue weighted by Gasteiger charge is -2.34. The number of hydrogen-bond donors (Lipinski definition) is 0. The van der Waals surface area contributed by atoms with E-state index in [-0.39, 0.29) is 24.4 Å². The molecule has 1 aromatic carbocycles. The number of nitrogens with zero attached hydrogens (tertiary/aromatic N) is 4. The monoisotopic (exact) mass is 364 g/mol. The Morgan fingerprint density at radius 1 is 0.960 bits per heavy atom. The highest BCUT2D eigenvalue weighted by atomic mass is 35.5. The molecule has 7 nitrogen and oxygen atoms in total. The molecule has 3 rings (SSSR count). The highest BCUT2D eigenvalue weighted by molar-refractivity contribution is 6.30. The lowest BCUT2D eigenvalue weighted by molar-refractivity contribution is -0.138. The summed E-state index contributed by atoms with van der Waals surface area (Å²) in [7, 11) is 0. The van der Waals surface area contributed by atoms with Crippen LogP contribution in [0.1, 0.15) is 6.92 Å². The summed E-state index contributed by atoms with van der Waals surface area (Å²) in [6.45, 7) is 4.79. The number of urea groups is 1. The first-order chi connectivity index (χ1) is 12.0. The number of amides is 4. The molecule has 134 valence electrons. The van der Waals surface area contributed by atoms with Gasteiger partial charge in [0.15, 0.2) is 0 Å². The molecule has 0 aromatic heterocycles. The maximum Gasteiger partial charge on any atom is 0.325 e. The Bertz CT molecular complexity index is 671. The lowest BCUT2D eigenvalue weighted by Crippen LogP contribution is -2.52. The summed E-state index contributed by atoms with van der Waals surface area (Å²) < 4.78 is 0. The van der Waals surface area contributed by atoms with Gasteiger partial charge in [0, 0.05) is 56.9 Å². The summed E-state index contributed by atoms with van der Waals surface area (Å²) in [6.07, 6.45) is 0. The Morgan fingerprint density at radius 3 is 2.16 bits per heavy atom. The second-order valence-electron chi connectivity index (χ2n) is 6.22. The van der Waals surface area contributed by atoms with Crippen LogP contribution in [0.5, 0.6) is 0 Å². The number of rotatable bonds is 3. The summed E-state index contributed by atoms with van der Waals surface area (Å²) >= 11 is 5.88. The van der Waals surface area contributed by atoms with Crippen LogP contribution in [0.15, 0.2) is 24.3 Å². The van der Waals surface area contributed by atoms with Gasteiger partial charge in [-0.15, -0.1) is 0 Å². The van der Waals surface area contributed by atoms with Gasteiger partial charge in [-0.1, -0.05) is 11.6 Å². The third-order valence-corrected chi connectivity index (χ3v) is 4.89. The number of carbonyl (C=O) groups excluding carboxylic acids is 3. The van der Waals surface area contributed by atoms with E-state index in [0.29, 0.717) is 44.3 Å². The molecular weight excluding hydrogens is 344 g/mol. The van der Waals surface area contributed by atoms with Crippen LogP contribution < -0.4 is 4.90 Å². The molecule has 2 saturated heterocycles. The average molecular weight is 365 g/mol. The molecule has 0 atom stereocenters. The fourth-order valence-electron chi connectivity index (χ4n) is 3.12. The van der Waals surface area contributed by atoms with E-state index in [2.05, 4.69) is 0 Å². The zero-order valence-electron chi connectivity index (χ0n) is 14.2. The Labute approximate surface area is 151 Å². The third kappa shape index (κ3) is 3.87. The average Bonchev–Trinajstić information content (AvgIpc) is 2.96. The summed E-state index contributed by atoms with van der Waals surface area (Å²) in [5, 5.41) is 0.618. The highest BCUT2D eigenvalue weighted by Crippen LogP contribution is 2.22. The van der Waals surface area contributed by atoms with Crippen molar-refractivity contribution < 1.29 is 14.4 Å².